The van der Waals surface area contributed by atoms with Crippen molar-refractivity contribution in [3.63, 3.8) is 0 Å². The molecule has 3 aliphatic rings. The SMILES string of the molecule is C#Cc1c(F)ccc2cc(O)cc(-c3ncc4c(N5CC6CCC(C5)N6)nc(OCCCN5CCN(CCC)CC5)nc4c3F)c12. The van der Waals surface area contributed by atoms with E-state index < -0.39 is 11.6 Å². The molecule has 2 bridgehead atoms. The van der Waals surface area contributed by atoms with E-state index in [4.69, 9.17) is 16.1 Å². The van der Waals surface area contributed by atoms with Gasteiger partial charge in [0.1, 0.15) is 28.6 Å². The number of pyridine rings is 1. The number of hydrogen-bond acceptors (Lipinski definition) is 9. The molecule has 11 heteroatoms. The van der Waals surface area contributed by atoms with Crippen molar-refractivity contribution < 1.29 is 18.6 Å². The van der Waals surface area contributed by atoms with E-state index in [0.717, 1.165) is 71.6 Å². The largest absolute Gasteiger partial charge is 0.508 e. The molecule has 7 rings (SSSR count). The lowest BCUT2D eigenvalue weighted by atomic mass is 9.96. The van der Waals surface area contributed by atoms with Crippen LogP contribution in [0.4, 0.5) is 14.6 Å². The normalized spacial score (nSPS) is 20.4. The first-order valence-corrected chi connectivity index (χ1v) is 16.3. The van der Waals surface area contributed by atoms with Crippen LogP contribution in [0.2, 0.25) is 0 Å². The van der Waals surface area contributed by atoms with Gasteiger partial charge in [-0.15, -0.1) is 6.42 Å². The lowest BCUT2D eigenvalue weighted by Crippen LogP contribution is -2.51. The molecule has 0 aliphatic carbocycles. The van der Waals surface area contributed by atoms with Gasteiger partial charge < -0.3 is 29.9 Å². The summed E-state index contributed by atoms with van der Waals surface area (Å²) in [6.45, 7) is 10.4. The first kappa shape index (κ1) is 30.5. The van der Waals surface area contributed by atoms with Crippen LogP contribution in [0.1, 0.15) is 38.2 Å². The molecule has 2 N–H and O–H groups in total. The third-order valence-electron chi connectivity index (χ3n) is 9.47. The highest BCUT2D eigenvalue weighted by Crippen LogP contribution is 2.39. The Bertz CT molecular complexity index is 1790. The highest BCUT2D eigenvalue weighted by molar-refractivity contribution is 6.03. The first-order chi connectivity index (χ1) is 22.4. The topological polar surface area (TPSA) is 89.9 Å². The summed E-state index contributed by atoms with van der Waals surface area (Å²) in [6.07, 6.45) is 11.4. The lowest BCUT2D eigenvalue weighted by molar-refractivity contribution is 0.125. The summed E-state index contributed by atoms with van der Waals surface area (Å²) < 4.78 is 37.6. The fourth-order valence-corrected chi connectivity index (χ4v) is 7.24. The van der Waals surface area contributed by atoms with Crippen LogP contribution < -0.4 is 15.0 Å². The van der Waals surface area contributed by atoms with Crippen molar-refractivity contribution in [1.82, 2.24) is 30.1 Å². The minimum atomic E-state index is -0.715. The third-order valence-corrected chi connectivity index (χ3v) is 9.47. The standard InChI is InChI=1S/C35H39F2N7O2/c1-3-10-42-12-14-43(15-13-42)11-5-16-46-35-40-33-28(34(41-35)44-20-23-7-8-24(21-44)39-23)19-38-32(31(33)37)27-18-25(45)17-22-6-9-29(36)26(4-2)30(22)27/h2,6,9,17-19,23-24,39,45H,3,5,7-8,10-16,20-21H2,1H3. The molecule has 2 atom stereocenters. The van der Waals surface area contributed by atoms with Crippen LogP contribution in [-0.2, 0) is 0 Å². The molecule has 4 aromatic rings. The van der Waals surface area contributed by atoms with Crippen molar-refractivity contribution in [2.24, 2.45) is 0 Å². The van der Waals surface area contributed by atoms with E-state index in [-0.39, 0.29) is 34.1 Å². The highest BCUT2D eigenvalue weighted by atomic mass is 19.1. The first-order valence-electron chi connectivity index (χ1n) is 16.3. The number of anilines is 1. The number of aromatic hydroxyl groups is 1. The van der Waals surface area contributed by atoms with Gasteiger partial charge in [0.05, 0.1) is 17.6 Å². The average molecular weight is 628 g/mol. The number of halogens is 2. The summed E-state index contributed by atoms with van der Waals surface area (Å²) in [7, 11) is 0. The van der Waals surface area contributed by atoms with E-state index in [0.29, 0.717) is 40.7 Å². The van der Waals surface area contributed by atoms with Gasteiger partial charge in [0.2, 0.25) is 0 Å². The second kappa shape index (κ2) is 12.9. The molecule has 46 heavy (non-hydrogen) atoms. The Morgan fingerprint density at radius 1 is 1.04 bits per heavy atom. The average Bonchev–Trinajstić information content (AvgIpc) is 3.40. The Balaban J connectivity index is 1.23. The molecule has 0 radical (unpaired) electrons. The number of piperazine rings is 2. The fraction of sp³-hybridized carbons (Fsp3) is 0.457. The van der Waals surface area contributed by atoms with Crippen LogP contribution in [0.3, 0.4) is 0 Å². The number of aromatic nitrogens is 3. The number of fused-ring (bicyclic) bond motifs is 4. The molecule has 2 unspecified atom stereocenters. The molecule has 3 saturated heterocycles. The molecular formula is C35H39F2N7O2. The maximum atomic E-state index is 16.7. The Hall–Kier alpha value is -4.11. The number of phenolic OH excluding ortho intramolecular Hbond substituents is 1. The third kappa shape index (κ3) is 5.93. The number of phenols is 1. The second-order valence-electron chi connectivity index (χ2n) is 12.6. The van der Waals surface area contributed by atoms with Crippen LogP contribution in [0.15, 0.2) is 30.5 Å². The van der Waals surface area contributed by atoms with Gasteiger partial charge >= 0.3 is 6.01 Å². The number of nitrogens with zero attached hydrogens (tertiary/aromatic N) is 6. The van der Waals surface area contributed by atoms with Gasteiger partial charge in [-0.05, 0) is 55.8 Å². The Labute approximate surface area is 267 Å². The Kier molecular flexibility index (Phi) is 8.60. The smallest absolute Gasteiger partial charge is 0.319 e. The van der Waals surface area contributed by atoms with Crippen LogP contribution >= 0.6 is 0 Å². The molecular weight excluding hydrogens is 588 g/mol. The quantitative estimate of drug-likeness (QED) is 0.205. The van der Waals surface area contributed by atoms with Gasteiger partial charge in [0.25, 0.3) is 0 Å². The molecule has 2 aromatic heterocycles. The van der Waals surface area contributed by atoms with Crippen LogP contribution in [-0.4, -0.2) is 101 Å². The lowest BCUT2D eigenvalue weighted by Gasteiger charge is -2.34. The molecule has 0 spiro atoms. The minimum absolute atomic E-state index is 0.0238. The molecule has 3 aliphatic heterocycles. The van der Waals surface area contributed by atoms with Crippen molar-refractivity contribution >= 4 is 27.5 Å². The molecule has 2 aromatic carbocycles. The number of ether oxygens (including phenoxy) is 1. The van der Waals surface area contributed by atoms with E-state index in [1.807, 2.05) is 0 Å². The molecule has 240 valence electrons. The Morgan fingerprint density at radius 3 is 2.50 bits per heavy atom. The van der Waals surface area contributed by atoms with Gasteiger partial charge in [-0.3, -0.25) is 4.98 Å². The van der Waals surface area contributed by atoms with E-state index in [1.165, 1.54) is 30.7 Å². The Morgan fingerprint density at radius 2 is 1.78 bits per heavy atom. The number of rotatable bonds is 9. The number of nitrogens with one attached hydrogen (secondary N) is 1. The molecule has 5 heterocycles. The zero-order valence-electron chi connectivity index (χ0n) is 26.1. The molecule has 3 fully saturated rings. The summed E-state index contributed by atoms with van der Waals surface area (Å²) in [6, 6.07) is 6.33. The summed E-state index contributed by atoms with van der Waals surface area (Å²) >= 11 is 0. The van der Waals surface area contributed by atoms with E-state index in [1.54, 1.807) is 6.20 Å². The molecule has 0 amide bonds. The van der Waals surface area contributed by atoms with E-state index in [9.17, 15) is 9.50 Å². The molecule has 0 saturated carbocycles. The predicted octanol–water partition coefficient (Wildman–Crippen LogP) is 4.55. The van der Waals surface area contributed by atoms with E-state index in [2.05, 4.69) is 42.8 Å². The van der Waals surface area contributed by atoms with Crippen molar-refractivity contribution in [3.05, 3.63) is 47.7 Å². The van der Waals surface area contributed by atoms with Gasteiger partial charge in [0, 0.05) is 75.0 Å². The van der Waals surface area contributed by atoms with Crippen LogP contribution in [0.5, 0.6) is 11.8 Å². The van der Waals surface area contributed by atoms with Crippen molar-refractivity contribution in [2.45, 2.75) is 44.7 Å². The summed E-state index contributed by atoms with van der Waals surface area (Å²) in [5.41, 5.74) is 0.125. The van der Waals surface area contributed by atoms with Gasteiger partial charge in [-0.2, -0.15) is 9.97 Å². The van der Waals surface area contributed by atoms with Crippen molar-refractivity contribution in [1.29, 1.82) is 0 Å². The van der Waals surface area contributed by atoms with Crippen molar-refractivity contribution in [2.75, 3.05) is 63.9 Å². The van der Waals surface area contributed by atoms with Gasteiger partial charge in [0.15, 0.2) is 5.82 Å². The zero-order chi connectivity index (χ0) is 31.8. The molecule has 9 nitrogen and oxygen atoms in total. The number of hydrogen-bond donors (Lipinski definition) is 2. The monoisotopic (exact) mass is 627 g/mol. The fourth-order valence-electron chi connectivity index (χ4n) is 7.24. The van der Waals surface area contributed by atoms with E-state index >= 15 is 4.39 Å². The van der Waals surface area contributed by atoms with Crippen LogP contribution in [0.25, 0.3) is 32.9 Å². The van der Waals surface area contributed by atoms with Crippen molar-refractivity contribution in [3.8, 4) is 35.4 Å². The van der Waals surface area contributed by atoms with Crippen LogP contribution in [0, 0.1) is 24.0 Å². The zero-order valence-corrected chi connectivity index (χ0v) is 26.1. The number of benzene rings is 2. The number of terminal acetylenes is 1. The highest BCUT2D eigenvalue weighted by Gasteiger charge is 2.34. The summed E-state index contributed by atoms with van der Waals surface area (Å²) in [4.78, 5) is 21.0. The maximum Gasteiger partial charge on any atom is 0.319 e. The maximum absolute atomic E-state index is 16.7. The van der Waals surface area contributed by atoms with Gasteiger partial charge in [-0.25, -0.2) is 8.78 Å². The summed E-state index contributed by atoms with van der Waals surface area (Å²) in [5, 5.41) is 15.4. The summed E-state index contributed by atoms with van der Waals surface area (Å²) in [5.74, 6) is 1.53. The predicted molar refractivity (Wildman–Crippen MR) is 175 cm³/mol. The minimum Gasteiger partial charge on any atom is -0.508 e. The second-order valence-corrected chi connectivity index (χ2v) is 12.6. The van der Waals surface area contributed by atoms with Gasteiger partial charge in [-0.1, -0.05) is 18.9 Å².